The summed E-state index contributed by atoms with van der Waals surface area (Å²) in [6, 6.07) is 6.60. The minimum Gasteiger partial charge on any atom is -0.490 e. The van der Waals surface area contributed by atoms with E-state index in [0.717, 1.165) is 30.3 Å². The molecule has 1 heterocycles. The summed E-state index contributed by atoms with van der Waals surface area (Å²) in [6.07, 6.45) is 1.19. The molecule has 4 heteroatoms. The van der Waals surface area contributed by atoms with Crippen molar-refractivity contribution in [2.24, 2.45) is 0 Å². The highest BCUT2D eigenvalue weighted by Gasteiger charge is 2.19. The maximum atomic E-state index is 5.64. The SMILES string of the molecule is CCOc1ccc(NC2CCN(C)C2)cc1OCC. The molecule has 1 aliphatic heterocycles. The lowest BCUT2D eigenvalue weighted by molar-refractivity contribution is 0.288. The fourth-order valence-electron chi connectivity index (χ4n) is 2.43. The molecule has 0 bridgehead atoms. The Hall–Kier alpha value is -1.42. The lowest BCUT2D eigenvalue weighted by Gasteiger charge is -2.17. The van der Waals surface area contributed by atoms with Gasteiger partial charge in [0, 0.05) is 24.3 Å². The molecule has 0 amide bonds. The first-order chi connectivity index (χ1) is 9.22. The lowest BCUT2D eigenvalue weighted by atomic mass is 10.2. The first-order valence-electron chi connectivity index (χ1n) is 7.07. The number of ether oxygens (including phenoxy) is 2. The number of nitrogens with one attached hydrogen (secondary N) is 1. The average molecular weight is 264 g/mol. The van der Waals surface area contributed by atoms with Crippen molar-refractivity contribution in [3.8, 4) is 11.5 Å². The number of hydrogen-bond acceptors (Lipinski definition) is 4. The third kappa shape index (κ3) is 3.77. The van der Waals surface area contributed by atoms with E-state index in [2.05, 4.69) is 23.3 Å². The maximum absolute atomic E-state index is 5.64. The number of rotatable bonds is 6. The molecular weight excluding hydrogens is 240 g/mol. The van der Waals surface area contributed by atoms with Crippen LogP contribution in [0.4, 0.5) is 5.69 Å². The smallest absolute Gasteiger partial charge is 0.163 e. The molecule has 0 saturated carbocycles. The van der Waals surface area contributed by atoms with Gasteiger partial charge in [0.1, 0.15) is 0 Å². The predicted octanol–water partition coefficient (Wildman–Crippen LogP) is 2.60. The van der Waals surface area contributed by atoms with Crippen LogP contribution in [-0.4, -0.2) is 44.3 Å². The predicted molar refractivity (Wildman–Crippen MR) is 78.3 cm³/mol. The van der Waals surface area contributed by atoms with Gasteiger partial charge in [-0.25, -0.2) is 0 Å². The molecule has 1 aliphatic rings. The summed E-state index contributed by atoms with van der Waals surface area (Å²) >= 11 is 0. The summed E-state index contributed by atoms with van der Waals surface area (Å²) in [6.45, 7) is 7.53. The molecule has 1 atom stereocenters. The van der Waals surface area contributed by atoms with E-state index in [1.807, 2.05) is 26.0 Å². The Morgan fingerprint density at radius 1 is 1.21 bits per heavy atom. The summed E-state index contributed by atoms with van der Waals surface area (Å²) in [4.78, 5) is 2.34. The van der Waals surface area contributed by atoms with Gasteiger partial charge < -0.3 is 19.7 Å². The second kappa shape index (κ2) is 6.66. The fraction of sp³-hybridized carbons (Fsp3) is 0.600. The van der Waals surface area contributed by atoms with Crippen LogP contribution < -0.4 is 14.8 Å². The second-order valence-electron chi connectivity index (χ2n) is 4.92. The Kier molecular flexibility index (Phi) is 4.91. The van der Waals surface area contributed by atoms with Gasteiger partial charge in [-0.2, -0.15) is 0 Å². The van der Waals surface area contributed by atoms with Crippen LogP contribution in [0.2, 0.25) is 0 Å². The van der Waals surface area contributed by atoms with Gasteiger partial charge in [0.15, 0.2) is 11.5 Å². The van der Waals surface area contributed by atoms with E-state index in [9.17, 15) is 0 Å². The van der Waals surface area contributed by atoms with E-state index < -0.39 is 0 Å². The number of nitrogens with zero attached hydrogens (tertiary/aromatic N) is 1. The van der Waals surface area contributed by atoms with Crippen molar-refractivity contribution in [3.63, 3.8) is 0 Å². The normalized spacial score (nSPS) is 19.4. The zero-order valence-corrected chi connectivity index (χ0v) is 12.1. The number of hydrogen-bond donors (Lipinski definition) is 1. The second-order valence-corrected chi connectivity index (χ2v) is 4.92. The highest BCUT2D eigenvalue weighted by Crippen LogP contribution is 2.31. The van der Waals surface area contributed by atoms with Gasteiger partial charge in [-0.1, -0.05) is 0 Å². The Bertz CT molecular complexity index is 409. The van der Waals surface area contributed by atoms with Crippen molar-refractivity contribution >= 4 is 5.69 Å². The molecule has 0 spiro atoms. The minimum atomic E-state index is 0.525. The molecule has 1 saturated heterocycles. The van der Waals surface area contributed by atoms with Gasteiger partial charge in [0.2, 0.25) is 0 Å². The van der Waals surface area contributed by atoms with Crippen molar-refractivity contribution in [2.75, 3.05) is 38.7 Å². The summed E-state index contributed by atoms with van der Waals surface area (Å²) in [7, 11) is 2.16. The van der Waals surface area contributed by atoms with E-state index in [1.54, 1.807) is 0 Å². The number of likely N-dealkylation sites (tertiary alicyclic amines) is 1. The quantitative estimate of drug-likeness (QED) is 0.856. The van der Waals surface area contributed by atoms with E-state index in [4.69, 9.17) is 9.47 Å². The molecular formula is C15H24N2O2. The Balaban J connectivity index is 2.06. The standard InChI is InChI=1S/C15H24N2O2/c1-4-18-14-7-6-12(10-15(14)19-5-2)16-13-8-9-17(3)11-13/h6-7,10,13,16H,4-5,8-9,11H2,1-3H3. The van der Waals surface area contributed by atoms with Crippen molar-refractivity contribution < 1.29 is 9.47 Å². The zero-order chi connectivity index (χ0) is 13.7. The first-order valence-corrected chi connectivity index (χ1v) is 7.07. The molecule has 1 aromatic carbocycles. The fourth-order valence-corrected chi connectivity index (χ4v) is 2.43. The Morgan fingerprint density at radius 2 is 1.95 bits per heavy atom. The van der Waals surface area contributed by atoms with Gasteiger partial charge in [0.25, 0.3) is 0 Å². The highest BCUT2D eigenvalue weighted by molar-refractivity contribution is 5.55. The highest BCUT2D eigenvalue weighted by atomic mass is 16.5. The van der Waals surface area contributed by atoms with Crippen molar-refractivity contribution in [1.82, 2.24) is 4.90 Å². The summed E-state index contributed by atoms with van der Waals surface area (Å²) in [5, 5.41) is 3.56. The average Bonchev–Trinajstić information content (AvgIpc) is 2.79. The van der Waals surface area contributed by atoms with E-state index in [0.29, 0.717) is 19.3 Å². The minimum absolute atomic E-state index is 0.525. The molecule has 0 aromatic heterocycles. The van der Waals surface area contributed by atoms with Gasteiger partial charge in [0.05, 0.1) is 13.2 Å². The van der Waals surface area contributed by atoms with Crippen LogP contribution in [0.5, 0.6) is 11.5 Å². The number of anilines is 1. The van der Waals surface area contributed by atoms with E-state index in [1.165, 1.54) is 6.42 Å². The molecule has 106 valence electrons. The molecule has 2 rings (SSSR count). The topological polar surface area (TPSA) is 33.7 Å². The van der Waals surface area contributed by atoms with Crippen LogP contribution in [0.15, 0.2) is 18.2 Å². The van der Waals surface area contributed by atoms with Crippen molar-refractivity contribution in [2.45, 2.75) is 26.3 Å². The zero-order valence-electron chi connectivity index (χ0n) is 12.1. The number of benzene rings is 1. The van der Waals surface area contributed by atoms with Gasteiger partial charge in [-0.05, 0) is 46.0 Å². The first kappa shape index (κ1) is 14.0. The maximum Gasteiger partial charge on any atom is 0.163 e. The van der Waals surface area contributed by atoms with Crippen LogP contribution in [0.25, 0.3) is 0 Å². The molecule has 0 radical (unpaired) electrons. The third-order valence-electron chi connectivity index (χ3n) is 3.31. The number of likely N-dealkylation sites (N-methyl/N-ethyl adjacent to an activating group) is 1. The van der Waals surface area contributed by atoms with Crippen LogP contribution in [0.3, 0.4) is 0 Å². The summed E-state index contributed by atoms with van der Waals surface area (Å²) in [5.41, 5.74) is 1.10. The molecule has 1 N–H and O–H groups in total. The lowest BCUT2D eigenvalue weighted by Crippen LogP contribution is -2.23. The van der Waals surface area contributed by atoms with Crippen LogP contribution in [-0.2, 0) is 0 Å². The van der Waals surface area contributed by atoms with Gasteiger partial charge in [-0.3, -0.25) is 0 Å². The molecule has 1 unspecified atom stereocenters. The van der Waals surface area contributed by atoms with E-state index >= 15 is 0 Å². The third-order valence-corrected chi connectivity index (χ3v) is 3.31. The molecule has 19 heavy (non-hydrogen) atoms. The van der Waals surface area contributed by atoms with E-state index in [-0.39, 0.29) is 0 Å². The summed E-state index contributed by atoms with van der Waals surface area (Å²) in [5.74, 6) is 1.64. The molecule has 1 aromatic rings. The molecule has 1 fully saturated rings. The summed E-state index contributed by atoms with van der Waals surface area (Å²) < 4.78 is 11.2. The van der Waals surface area contributed by atoms with Gasteiger partial charge in [-0.15, -0.1) is 0 Å². The van der Waals surface area contributed by atoms with Gasteiger partial charge >= 0.3 is 0 Å². The Labute approximate surface area is 115 Å². The molecule has 0 aliphatic carbocycles. The monoisotopic (exact) mass is 264 g/mol. The molecule has 4 nitrogen and oxygen atoms in total. The van der Waals surface area contributed by atoms with Crippen molar-refractivity contribution in [3.05, 3.63) is 18.2 Å². The van der Waals surface area contributed by atoms with Crippen LogP contribution >= 0.6 is 0 Å². The van der Waals surface area contributed by atoms with Crippen LogP contribution in [0.1, 0.15) is 20.3 Å². The van der Waals surface area contributed by atoms with Crippen LogP contribution in [0, 0.1) is 0 Å². The largest absolute Gasteiger partial charge is 0.490 e. The van der Waals surface area contributed by atoms with Crippen molar-refractivity contribution in [1.29, 1.82) is 0 Å². The Morgan fingerprint density at radius 3 is 2.58 bits per heavy atom.